The molecule has 4 aromatic rings. The minimum Gasteiger partial charge on any atom is -0.441 e. The first kappa shape index (κ1) is 16.1. The summed E-state index contributed by atoms with van der Waals surface area (Å²) >= 11 is 0. The van der Waals surface area contributed by atoms with Crippen molar-refractivity contribution < 1.29 is 4.42 Å². The number of oxazole rings is 1. The van der Waals surface area contributed by atoms with E-state index in [1.54, 1.807) is 22.8 Å². The lowest BCUT2D eigenvalue weighted by atomic mass is 10.2. The van der Waals surface area contributed by atoms with Crippen LogP contribution in [-0.4, -0.2) is 14.1 Å². The van der Waals surface area contributed by atoms with Gasteiger partial charge < -0.3 is 4.42 Å². The molecule has 0 fully saturated rings. The molecule has 4 rings (SSSR count). The van der Waals surface area contributed by atoms with E-state index in [0.29, 0.717) is 28.2 Å². The van der Waals surface area contributed by atoms with Gasteiger partial charge in [0.15, 0.2) is 0 Å². The molecule has 26 heavy (non-hydrogen) atoms. The Morgan fingerprint density at radius 3 is 2.46 bits per heavy atom. The second-order valence-corrected chi connectivity index (χ2v) is 6.14. The Morgan fingerprint density at radius 2 is 1.69 bits per heavy atom. The van der Waals surface area contributed by atoms with Crippen molar-refractivity contribution >= 4 is 10.9 Å². The molecule has 0 radical (unpaired) electrons. The van der Waals surface area contributed by atoms with E-state index < -0.39 is 0 Å². The average molecular weight is 347 g/mol. The van der Waals surface area contributed by atoms with Crippen LogP contribution in [0.5, 0.6) is 0 Å². The first-order valence-corrected chi connectivity index (χ1v) is 8.26. The van der Waals surface area contributed by atoms with Crippen LogP contribution in [-0.2, 0) is 13.6 Å². The Balaban J connectivity index is 1.86. The van der Waals surface area contributed by atoms with E-state index in [9.17, 15) is 9.59 Å². The van der Waals surface area contributed by atoms with E-state index in [2.05, 4.69) is 4.98 Å². The second kappa shape index (κ2) is 6.15. The Hall–Kier alpha value is -3.41. The SMILES string of the molecule is Cc1oc(-c2ccccc2)nc1Cn1c(=O)n(C)c(=O)c2ccccc21. The van der Waals surface area contributed by atoms with E-state index in [4.69, 9.17) is 4.42 Å². The van der Waals surface area contributed by atoms with Gasteiger partial charge in [-0.2, -0.15) is 0 Å². The first-order valence-electron chi connectivity index (χ1n) is 8.26. The Bertz CT molecular complexity index is 1220. The topological polar surface area (TPSA) is 70.0 Å². The standard InChI is InChI=1S/C20H17N3O3/c1-13-16(21-18(26-13)14-8-4-3-5-9-14)12-23-17-11-7-6-10-15(17)19(24)22(2)20(23)25/h3-11H,12H2,1-2H3. The molecule has 0 atom stereocenters. The fourth-order valence-electron chi connectivity index (χ4n) is 3.02. The molecule has 2 aromatic heterocycles. The molecule has 0 bridgehead atoms. The van der Waals surface area contributed by atoms with Gasteiger partial charge in [0, 0.05) is 12.6 Å². The number of fused-ring (bicyclic) bond motifs is 1. The Morgan fingerprint density at radius 1 is 1.00 bits per heavy atom. The van der Waals surface area contributed by atoms with E-state index in [1.807, 2.05) is 43.3 Å². The molecule has 0 amide bonds. The lowest BCUT2D eigenvalue weighted by Crippen LogP contribution is -2.38. The van der Waals surface area contributed by atoms with E-state index in [-0.39, 0.29) is 17.8 Å². The van der Waals surface area contributed by atoms with Gasteiger partial charge >= 0.3 is 5.69 Å². The predicted octanol–water partition coefficient (Wildman–Crippen LogP) is 2.71. The molecular formula is C20H17N3O3. The van der Waals surface area contributed by atoms with Crippen molar-refractivity contribution in [2.45, 2.75) is 13.5 Å². The van der Waals surface area contributed by atoms with Gasteiger partial charge in [0.1, 0.15) is 11.5 Å². The highest BCUT2D eigenvalue weighted by Gasteiger charge is 2.16. The maximum absolute atomic E-state index is 12.7. The minimum atomic E-state index is -0.377. The van der Waals surface area contributed by atoms with Crippen molar-refractivity contribution in [3.05, 3.63) is 86.9 Å². The zero-order chi connectivity index (χ0) is 18.3. The Labute approximate surface area is 149 Å². The molecule has 130 valence electrons. The van der Waals surface area contributed by atoms with Crippen LogP contribution < -0.4 is 11.2 Å². The summed E-state index contributed by atoms with van der Waals surface area (Å²) in [5.74, 6) is 1.16. The van der Waals surface area contributed by atoms with Crippen molar-refractivity contribution in [3.63, 3.8) is 0 Å². The predicted molar refractivity (Wildman–Crippen MR) is 99.2 cm³/mol. The highest BCUT2D eigenvalue weighted by Crippen LogP contribution is 2.22. The van der Waals surface area contributed by atoms with Crippen molar-refractivity contribution in [1.82, 2.24) is 14.1 Å². The quantitative estimate of drug-likeness (QED) is 0.571. The smallest absolute Gasteiger partial charge is 0.331 e. The van der Waals surface area contributed by atoms with Crippen molar-refractivity contribution in [1.29, 1.82) is 0 Å². The number of benzene rings is 2. The fourth-order valence-corrected chi connectivity index (χ4v) is 3.02. The molecule has 0 aliphatic heterocycles. The molecular weight excluding hydrogens is 330 g/mol. The van der Waals surface area contributed by atoms with Crippen LogP contribution in [0.2, 0.25) is 0 Å². The first-order chi connectivity index (χ1) is 12.6. The summed E-state index contributed by atoms with van der Waals surface area (Å²) in [4.78, 5) is 29.6. The molecule has 6 nitrogen and oxygen atoms in total. The molecule has 6 heteroatoms. The summed E-state index contributed by atoms with van der Waals surface area (Å²) in [6.45, 7) is 2.06. The number of aromatic nitrogens is 3. The fraction of sp³-hybridized carbons (Fsp3) is 0.150. The third-order valence-corrected chi connectivity index (χ3v) is 4.47. The van der Waals surface area contributed by atoms with Crippen LogP contribution >= 0.6 is 0 Å². The Kier molecular flexibility index (Phi) is 3.80. The normalized spacial score (nSPS) is 11.2. The molecule has 0 spiro atoms. The zero-order valence-corrected chi connectivity index (χ0v) is 14.5. The number of rotatable bonds is 3. The van der Waals surface area contributed by atoms with Crippen molar-refractivity contribution in [3.8, 4) is 11.5 Å². The molecule has 0 saturated carbocycles. The van der Waals surface area contributed by atoms with Crippen LogP contribution in [0.15, 0.2) is 68.6 Å². The molecule has 0 aliphatic rings. The van der Waals surface area contributed by atoms with Crippen LogP contribution in [0.4, 0.5) is 0 Å². The highest BCUT2D eigenvalue weighted by molar-refractivity contribution is 5.77. The van der Waals surface area contributed by atoms with Gasteiger partial charge in [-0.3, -0.25) is 13.9 Å². The summed E-state index contributed by atoms with van der Waals surface area (Å²) in [6.07, 6.45) is 0. The number of nitrogens with zero attached hydrogens (tertiary/aromatic N) is 3. The largest absolute Gasteiger partial charge is 0.441 e. The van der Waals surface area contributed by atoms with Crippen molar-refractivity contribution in [2.24, 2.45) is 7.05 Å². The van der Waals surface area contributed by atoms with Crippen molar-refractivity contribution in [2.75, 3.05) is 0 Å². The summed E-state index contributed by atoms with van der Waals surface area (Å²) in [6, 6.07) is 16.7. The maximum atomic E-state index is 12.7. The lowest BCUT2D eigenvalue weighted by Gasteiger charge is -2.10. The number of hydrogen-bond acceptors (Lipinski definition) is 4. The van der Waals surface area contributed by atoms with Gasteiger partial charge in [-0.15, -0.1) is 0 Å². The van der Waals surface area contributed by atoms with Gasteiger partial charge in [-0.25, -0.2) is 9.78 Å². The van der Waals surface area contributed by atoms with E-state index in [1.165, 1.54) is 7.05 Å². The van der Waals surface area contributed by atoms with Gasteiger partial charge in [-0.1, -0.05) is 30.3 Å². The number of para-hydroxylation sites is 1. The lowest BCUT2D eigenvalue weighted by molar-refractivity contribution is 0.537. The number of aryl methyl sites for hydroxylation is 1. The summed E-state index contributed by atoms with van der Waals surface area (Å²) in [5, 5.41) is 0.499. The molecule has 0 unspecified atom stereocenters. The maximum Gasteiger partial charge on any atom is 0.331 e. The molecule has 0 aliphatic carbocycles. The second-order valence-electron chi connectivity index (χ2n) is 6.14. The van der Waals surface area contributed by atoms with Gasteiger partial charge in [0.2, 0.25) is 5.89 Å². The molecule has 0 N–H and O–H groups in total. The molecule has 2 aromatic carbocycles. The summed E-state index contributed by atoms with van der Waals surface area (Å²) in [5.41, 5.74) is 1.44. The van der Waals surface area contributed by atoms with Gasteiger partial charge in [0.25, 0.3) is 5.56 Å². The zero-order valence-electron chi connectivity index (χ0n) is 14.5. The number of hydrogen-bond donors (Lipinski definition) is 0. The summed E-state index contributed by atoms with van der Waals surface area (Å²) in [7, 11) is 1.48. The van der Waals surface area contributed by atoms with Crippen LogP contribution in [0, 0.1) is 6.92 Å². The third kappa shape index (κ3) is 2.56. The summed E-state index contributed by atoms with van der Waals surface area (Å²) < 4.78 is 8.46. The average Bonchev–Trinajstić information content (AvgIpc) is 3.04. The van der Waals surface area contributed by atoms with E-state index in [0.717, 1.165) is 10.1 Å². The molecule has 0 saturated heterocycles. The minimum absolute atomic E-state index is 0.232. The highest BCUT2D eigenvalue weighted by atomic mass is 16.4. The van der Waals surface area contributed by atoms with Crippen LogP contribution in [0.1, 0.15) is 11.5 Å². The third-order valence-electron chi connectivity index (χ3n) is 4.47. The van der Waals surface area contributed by atoms with E-state index >= 15 is 0 Å². The molecule has 2 heterocycles. The van der Waals surface area contributed by atoms with Gasteiger partial charge in [-0.05, 0) is 31.2 Å². The van der Waals surface area contributed by atoms with Crippen LogP contribution in [0.3, 0.4) is 0 Å². The van der Waals surface area contributed by atoms with Crippen LogP contribution in [0.25, 0.3) is 22.4 Å². The monoisotopic (exact) mass is 347 g/mol. The van der Waals surface area contributed by atoms with Gasteiger partial charge in [0.05, 0.1) is 17.4 Å².